The number of nitrogens with one attached hydrogen (secondary N) is 1. The van der Waals surface area contributed by atoms with E-state index >= 15 is 0 Å². The number of rotatable bonds is 3. The maximum absolute atomic E-state index is 12.1. The van der Waals surface area contributed by atoms with Crippen LogP contribution in [0.2, 0.25) is 5.02 Å². The van der Waals surface area contributed by atoms with E-state index in [0.29, 0.717) is 32.0 Å². The number of aromatic nitrogens is 1. The van der Waals surface area contributed by atoms with Crippen molar-refractivity contribution in [3.05, 3.63) is 39.4 Å². The smallest absolute Gasteiger partial charge is 0.350 e. The van der Waals surface area contributed by atoms with Gasteiger partial charge in [-0.2, -0.15) is 0 Å². The summed E-state index contributed by atoms with van der Waals surface area (Å²) in [5.74, 6) is -0.785. The lowest BCUT2D eigenvalue weighted by Crippen LogP contribution is -2.13. The molecule has 23 heavy (non-hydrogen) atoms. The highest BCUT2D eigenvalue weighted by Gasteiger charge is 2.28. The summed E-state index contributed by atoms with van der Waals surface area (Å²) in [6, 6.07) is 5.19. The Balaban J connectivity index is 2.01. The molecule has 1 aromatic carbocycles. The van der Waals surface area contributed by atoms with Gasteiger partial charge in [-0.15, -0.1) is 0 Å². The van der Waals surface area contributed by atoms with Crippen molar-refractivity contribution in [3.8, 4) is 0 Å². The van der Waals surface area contributed by atoms with Gasteiger partial charge in [-0.25, -0.2) is 14.8 Å². The Morgan fingerprint density at radius 1 is 1.48 bits per heavy atom. The topological polar surface area (TPSA) is 80.6 Å². The van der Waals surface area contributed by atoms with Crippen molar-refractivity contribution < 1.29 is 14.3 Å². The first-order chi connectivity index (χ1) is 11.0. The highest BCUT2D eigenvalue weighted by atomic mass is 35.5. The third kappa shape index (κ3) is 2.85. The molecule has 0 spiro atoms. The molecule has 0 saturated heterocycles. The quantitative estimate of drug-likeness (QED) is 0.861. The first-order valence-electron chi connectivity index (χ1n) is 6.84. The number of benzene rings is 1. The van der Waals surface area contributed by atoms with Gasteiger partial charge in [0.15, 0.2) is 0 Å². The fourth-order valence-corrected chi connectivity index (χ4v) is 3.23. The van der Waals surface area contributed by atoms with Gasteiger partial charge in [0, 0.05) is 5.56 Å². The van der Waals surface area contributed by atoms with Crippen LogP contribution in [0.5, 0.6) is 0 Å². The third-order valence-corrected chi connectivity index (χ3v) is 4.52. The summed E-state index contributed by atoms with van der Waals surface area (Å²) >= 11 is 7.15. The number of aryl methyl sites for hydroxylation is 1. The summed E-state index contributed by atoms with van der Waals surface area (Å²) in [6.07, 6.45) is 0. The van der Waals surface area contributed by atoms with Crippen molar-refractivity contribution in [3.63, 3.8) is 0 Å². The number of ether oxygens (including phenoxy) is 1. The van der Waals surface area contributed by atoms with E-state index in [-0.39, 0.29) is 18.2 Å². The van der Waals surface area contributed by atoms with Crippen LogP contribution in [0, 0.1) is 6.92 Å². The van der Waals surface area contributed by atoms with Crippen LogP contribution < -0.4 is 5.32 Å². The highest BCUT2D eigenvalue weighted by molar-refractivity contribution is 7.17. The highest BCUT2D eigenvalue weighted by Crippen LogP contribution is 2.33. The summed E-state index contributed by atoms with van der Waals surface area (Å²) in [4.78, 5) is 32.8. The Kier molecular flexibility index (Phi) is 4.14. The minimum Gasteiger partial charge on any atom is -0.462 e. The number of carbonyl (C=O) groups excluding carboxylic acids is 2. The van der Waals surface area contributed by atoms with E-state index in [1.165, 1.54) is 0 Å². The molecule has 0 aliphatic carbocycles. The molecule has 0 atom stereocenters. The standard InChI is InChI=1S/C15H12ClN3O3S/c1-3-22-14(21)12-7(2)17-15(23-12)19-11-8-5-4-6-9(16)10(8)18-13(11)20/h4-6H,3H2,1-2H3,(H,17,18,19,20). The molecule has 1 aromatic heterocycles. The SMILES string of the molecule is CCOC(=O)c1sc(/N=C2\C(=O)Nc3c(Cl)cccc32)nc1C. The first kappa shape index (κ1) is 15.6. The van der Waals surface area contributed by atoms with E-state index in [1.54, 1.807) is 32.0 Å². The molecule has 2 aromatic rings. The molecule has 0 bridgehead atoms. The van der Waals surface area contributed by atoms with Crippen molar-refractivity contribution in [2.24, 2.45) is 4.99 Å². The van der Waals surface area contributed by atoms with Crippen LogP contribution in [-0.2, 0) is 9.53 Å². The number of fused-ring (bicyclic) bond motifs is 1. The van der Waals surface area contributed by atoms with E-state index in [9.17, 15) is 9.59 Å². The lowest BCUT2D eigenvalue weighted by molar-refractivity contribution is -0.110. The van der Waals surface area contributed by atoms with Crippen LogP contribution >= 0.6 is 22.9 Å². The molecule has 0 unspecified atom stereocenters. The Labute approximate surface area is 141 Å². The Morgan fingerprint density at radius 2 is 2.26 bits per heavy atom. The second-order valence-corrected chi connectivity index (χ2v) is 6.09. The normalized spacial score (nSPS) is 14.7. The molecular weight excluding hydrogens is 338 g/mol. The van der Waals surface area contributed by atoms with E-state index in [0.717, 1.165) is 11.3 Å². The van der Waals surface area contributed by atoms with E-state index in [1.807, 2.05) is 0 Å². The summed E-state index contributed by atoms with van der Waals surface area (Å²) in [7, 11) is 0. The monoisotopic (exact) mass is 349 g/mol. The number of amides is 1. The van der Waals surface area contributed by atoms with Gasteiger partial charge < -0.3 is 10.1 Å². The van der Waals surface area contributed by atoms with Crippen LogP contribution in [0.3, 0.4) is 0 Å². The molecule has 0 fully saturated rings. The number of para-hydroxylation sites is 1. The molecule has 0 saturated carbocycles. The van der Waals surface area contributed by atoms with Gasteiger partial charge in [-0.1, -0.05) is 35.1 Å². The fourth-order valence-electron chi connectivity index (χ4n) is 2.17. The van der Waals surface area contributed by atoms with E-state index in [4.69, 9.17) is 16.3 Å². The van der Waals surface area contributed by atoms with Crippen molar-refractivity contribution >= 4 is 51.3 Å². The van der Waals surface area contributed by atoms with Crippen LogP contribution in [0.25, 0.3) is 0 Å². The summed E-state index contributed by atoms with van der Waals surface area (Å²) < 4.78 is 4.97. The largest absolute Gasteiger partial charge is 0.462 e. The molecule has 1 amide bonds. The number of nitrogens with zero attached hydrogens (tertiary/aromatic N) is 2. The molecule has 6 nitrogen and oxygen atoms in total. The summed E-state index contributed by atoms with van der Waals surface area (Å²) in [6.45, 7) is 3.72. The lowest BCUT2D eigenvalue weighted by Gasteiger charge is -1.98. The molecule has 0 radical (unpaired) electrons. The lowest BCUT2D eigenvalue weighted by atomic mass is 10.1. The fraction of sp³-hybridized carbons (Fsp3) is 0.200. The maximum atomic E-state index is 12.1. The number of aliphatic imine (C=N–C) groups is 1. The number of thiazole rings is 1. The number of carbonyl (C=O) groups is 2. The van der Waals surface area contributed by atoms with Gasteiger partial charge in [0.1, 0.15) is 10.6 Å². The van der Waals surface area contributed by atoms with Crippen molar-refractivity contribution in [2.45, 2.75) is 13.8 Å². The average Bonchev–Trinajstić information content (AvgIpc) is 3.02. The van der Waals surface area contributed by atoms with Crippen LogP contribution in [0.4, 0.5) is 10.8 Å². The zero-order valence-electron chi connectivity index (χ0n) is 12.3. The predicted octanol–water partition coefficient (Wildman–Crippen LogP) is 3.35. The number of hydrogen-bond acceptors (Lipinski definition) is 6. The maximum Gasteiger partial charge on any atom is 0.350 e. The Hall–Kier alpha value is -2.25. The molecule has 1 aliphatic rings. The molecule has 118 valence electrons. The minimum atomic E-state index is -0.437. The van der Waals surface area contributed by atoms with Crippen molar-refractivity contribution in [1.29, 1.82) is 0 Å². The van der Waals surface area contributed by atoms with E-state index in [2.05, 4.69) is 15.3 Å². The zero-order valence-corrected chi connectivity index (χ0v) is 13.9. The van der Waals surface area contributed by atoms with Crippen LogP contribution in [-0.4, -0.2) is 29.2 Å². The van der Waals surface area contributed by atoms with Crippen molar-refractivity contribution in [2.75, 3.05) is 11.9 Å². The molecule has 8 heteroatoms. The summed E-state index contributed by atoms with van der Waals surface area (Å²) in [5.41, 5.74) is 1.91. The Morgan fingerprint density at radius 3 is 3.00 bits per heavy atom. The van der Waals surface area contributed by atoms with Gasteiger partial charge in [-0.3, -0.25) is 4.79 Å². The number of anilines is 1. The van der Waals surface area contributed by atoms with Crippen molar-refractivity contribution in [1.82, 2.24) is 4.98 Å². The molecular formula is C15H12ClN3O3S. The second-order valence-electron chi connectivity index (χ2n) is 4.71. The van der Waals surface area contributed by atoms with Crippen LogP contribution in [0.1, 0.15) is 27.9 Å². The average molecular weight is 350 g/mol. The Bertz CT molecular complexity index is 844. The van der Waals surface area contributed by atoms with E-state index < -0.39 is 5.97 Å². The molecule has 3 rings (SSSR count). The third-order valence-electron chi connectivity index (χ3n) is 3.18. The predicted molar refractivity (Wildman–Crippen MR) is 89.1 cm³/mol. The number of esters is 1. The number of hydrogen-bond donors (Lipinski definition) is 1. The minimum absolute atomic E-state index is 0.228. The van der Waals surface area contributed by atoms with Gasteiger partial charge in [0.2, 0.25) is 5.13 Å². The summed E-state index contributed by atoms with van der Waals surface area (Å²) in [5, 5.41) is 3.45. The van der Waals surface area contributed by atoms with Gasteiger partial charge >= 0.3 is 5.97 Å². The molecule has 1 N–H and O–H groups in total. The zero-order chi connectivity index (χ0) is 16.6. The number of halogens is 1. The first-order valence-corrected chi connectivity index (χ1v) is 8.04. The van der Waals surface area contributed by atoms with Gasteiger partial charge in [0.05, 0.1) is 23.0 Å². The van der Waals surface area contributed by atoms with Crippen LogP contribution in [0.15, 0.2) is 23.2 Å². The molecule has 1 aliphatic heterocycles. The van der Waals surface area contributed by atoms with Gasteiger partial charge in [0.25, 0.3) is 5.91 Å². The second kappa shape index (κ2) is 6.10. The van der Waals surface area contributed by atoms with Gasteiger partial charge in [-0.05, 0) is 19.9 Å². The molecule has 2 heterocycles.